The van der Waals surface area contributed by atoms with E-state index in [1.54, 1.807) is 17.1 Å². The first-order valence-corrected chi connectivity index (χ1v) is 7.23. The van der Waals surface area contributed by atoms with E-state index in [-0.39, 0.29) is 18.3 Å². The largest absolute Gasteiger partial charge is 0.352 e. The average molecular weight is 374 g/mol. The van der Waals surface area contributed by atoms with E-state index in [4.69, 9.17) is 0 Å². The molecule has 1 amide bonds. The van der Waals surface area contributed by atoms with Gasteiger partial charge in [0.05, 0.1) is 17.4 Å². The van der Waals surface area contributed by atoms with Crippen LogP contribution in [0.3, 0.4) is 0 Å². The van der Waals surface area contributed by atoms with Gasteiger partial charge in [-0.25, -0.2) is 4.68 Å². The highest BCUT2D eigenvalue weighted by Crippen LogP contribution is 2.13. The second-order valence-corrected chi connectivity index (χ2v) is 5.28. The van der Waals surface area contributed by atoms with Crippen LogP contribution in [-0.2, 0) is 0 Å². The number of benzene rings is 1. The third-order valence-electron chi connectivity index (χ3n) is 2.83. The molecule has 0 unspecified atom stereocenters. The fraction of sp³-hybridized carbons (Fsp3) is 0.286. The van der Waals surface area contributed by atoms with Crippen LogP contribution in [0.25, 0.3) is 5.69 Å². The van der Waals surface area contributed by atoms with Gasteiger partial charge in [0.2, 0.25) is 0 Å². The summed E-state index contributed by atoms with van der Waals surface area (Å²) in [4.78, 5) is 11.9. The highest BCUT2D eigenvalue weighted by molar-refractivity contribution is 9.10. The lowest BCUT2D eigenvalue weighted by Crippen LogP contribution is -2.26. The molecule has 2 rings (SSSR count). The third-order valence-corrected chi connectivity index (χ3v) is 3.35. The smallest absolute Gasteiger partial charge is 0.254 e. The van der Waals surface area contributed by atoms with Crippen molar-refractivity contribution in [3.63, 3.8) is 0 Å². The molecule has 21 heavy (non-hydrogen) atoms. The van der Waals surface area contributed by atoms with Crippen molar-refractivity contribution in [2.24, 2.45) is 0 Å². The molecule has 0 aliphatic carbocycles. The van der Waals surface area contributed by atoms with Gasteiger partial charge in [-0.05, 0) is 44.3 Å². The lowest BCUT2D eigenvalue weighted by Gasteiger charge is -2.03. The number of hydrogen-bond acceptors (Lipinski definition) is 3. The Hall–Kier alpha value is -1.37. The Bertz CT molecular complexity index is 571. The summed E-state index contributed by atoms with van der Waals surface area (Å²) in [6, 6.07) is 7.75. The van der Waals surface area contributed by atoms with Gasteiger partial charge in [-0.1, -0.05) is 15.9 Å². The number of carbonyl (C=O) groups excluding carboxylic acids is 1. The Morgan fingerprint density at radius 3 is 2.67 bits per heavy atom. The quantitative estimate of drug-likeness (QED) is 0.765. The zero-order valence-corrected chi connectivity index (χ0v) is 14.1. The van der Waals surface area contributed by atoms with Crippen molar-refractivity contribution in [1.29, 1.82) is 0 Å². The monoisotopic (exact) mass is 372 g/mol. The predicted molar refractivity (Wildman–Crippen MR) is 89.4 cm³/mol. The van der Waals surface area contributed by atoms with Gasteiger partial charge < -0.3 is 10.6 Å². The number of carbonyl (C=O) groups is 1. The Kier molecular flexibility index (Phi) is 7.42. The molecule has 0 aliphatic rings. The minimum absolute atomic E-state index is 0. The molecule has 0 fully saturated rings. The molecule has 0 saturated carbocycles. The number of nitrogens with one attached hydrogen (secondary N) is 2. The Balaban J connectivity index is 0.00000220. The molecule has 5 nitrogen and oxygen atoms in total. The van der Waals surface area contributed by atoms with Crippen molar-refractivity contribution in [2.75, 3.05) is 20.1 Å². The zero-order valence-electron chi connectivity index (χ0n) is 11.7. The van der Waals surface area contributed by atoms with E-state index in [0.717, 1.165) is 23.1 Å². The van der Waals surface area contributed by atoms with Crippen molar-refractivity contribution in [2.45, 2.75) is 6.42 Å². The maximum atomic E-state index is 11.9. The summed E-state index contributed by atoms with van der Waals surface area (Å²) >= 11 is 3.39. The molecule has 1 aromatic heterocycles. The third kappa shape index (κ3) is 5.15. The van der Waals surface area contributed by atoms with Gasteiger partial charge in [0.15, 0.2) is 0 Å². The van der Waals surface area contributed by atoms with Crippen LogP contribution in [0.2, 0.25) is 0 Å². The van der Waals surface area contributed by atoms with Crippen LogP contribution in [-0.4, -0.2) is 35.8 Å². The van der Waals surface area contributed by atoms with Gasteiger partial charge in [-0.2, -0.15) is 5.10 Å². The summed E-state index contributed by atoms with van der Waals surface area (Å²) in [5, 5.41) is 10.1. The molecular weight excluding hydrogens is 356 g/mol. The minimum atomic E-state index is -0.0931. The maximum absolute atomic E-state index is 11.9. The van der Waals surface area contributed by atoms with E-state index in [0.29, 0.717) is 12.1 Å². The Morgan fingerprint density at radius 2 is 2.00 bits per heavy atom. The lowest BCUT2D eigenvalue weighted by atomic mass is 10.3. The Morgan fingerprint density at radius 1 is 1.29 bits per heavy atom. The topological polar surface area (TPSA) is 58.9 Å². The summed E-state index contributed by atoms with van der Waals surface area (Å²) in [5.41, 5.74) is 1.49. The number of halogens is 2. The summed E-state index contributed by atoms with van der Waals surface area (Å²) in [7, 11) is 1.89. The standard InChI is InChI=1S/C14H17BrN4O.ClH/c1-16-7-2-8-17-14(20)11-9-18-19(10-11)13-5-3-12(15)4-6-13;/h3-6,9-10,16H,2,7-8H2,1H3,(H,17,20);1H. The molecule has 2 aromatic rings. The molecule has 114 valence electrons. The van der Waals surface area contributed by atoms with Crippen LogP contribution < -0.4 is 10.6 Å². The summed E-state index contributed by atoms with van der Waals surface area (Å²) in [6.45, 7) is 1.54. The highest BCUT2D eigenvalue weighted by atomic mass is 79.9. The van der Waals surface area contributed by atoms with Crippen LogP contribution in [0.1, 0.15) is 16.8 Å². The van der Waals surface area contributed by atoms with Crippen molar-refractivity contribution in [3.05, 3.63) is 46.7 Å². The molecule has 1 aromatic carbocycles. The van der Waals surface area contributed by atoms with Gasteiger partial charge in [-0.15, -0.1) is 12.4 Å². The van der Waals surface area contributed by atoms with Crippen LogP contribution in [0.4, 0.5) is 0 Å². The van der Waals surface area contributed by atoms with Gasteiger partial charge in [-0.3, -0.25) is 4.79 Å². The first-order chi connectivity index (χ1) is 9.70. The second-order valence-electron chi connectivity index (χ2n) is 4.36. The fourth-order valence-electron chi connectivity index (χ4n) is 1.74. The van der Waals surface area contributed by atoms with E-state index in [1.165, 1.54) is 0 Å². The van der Waals surface area contributed by atoms with E-state index < -0.39 is 0 Å². The van der Waals surface area contributed by atoms with Crippen molar-refractivity contribution < 1.29 is 4.79 Å². The summed E-state index contributed by atoms with van der Waals surface area (Å²) < 4.78 is 2.70. The van der Waals surface area contributed by atoms with Crippen molar-refractivity contribution >= 4 is 34.2 Å². The maximum Gasteiger partial charge on any atom is 0.254 e. The summed E-state index contributed by atoms with van der Waals surface area (Å²) in [5.74, 6) is -0.0931. The number of nitrogens with zero attached hydrogens (tertiary/aromatic N) is 2. The molecule has 0 bridgehead atoms. The van der Waals surface area contributed by atoms with Crippen LogP contribution in [0.15, 0.2) is 41.1 Å². The zero-order chi connectivity index (χ0) is 14.4. The van der Waals surface area contributed by atoms with Gasteiger partial charge in [0, 0.05) is 17.2 Å². The Labute approximate surface area is 138 Å². The molecule has 0 spiro atoms. The van der Waals surface area contributed by atoms with Crippen molar-refractivity contribution in [1.82, 2.24) is 20.4 Å². The van der Waals surface area contributed by atoms with Crippen LogP contribution in [0.5, 0.6) is 0 Å². The first-order valence-electron chi connectivity index (χ1n) is 6.44. The number of aromatic nitrogens is 2. The average Bonchev–Trinajstić information content (AvgIpc) is 2.94. The molecular formula is C14H18BrClN4O. The van der Waals surface area contributed by atoms with E-state index in [9.17, 15) is 4.79 Å². The number of hydrogen-bond donors (Lipinski definition) is 2. The fourth-order valence-corrected chi connectivity index (χ4v) is 2.01. The molecule has 1 heterocycles. The van der Waals surface area contributed by atoms with E-state index >= 15 is 0 Å². The van der Waals surface area contributed by atoms with Crippen molar-refractivity contribution in [3.8, 4) is 5.69 Å². The molecule has 0 saturated heterocycles. The lowest BCUT2D eigenvalue weighted by molar-refractivity contribution is 0.0953. The minimum Gasteiger partial charge on any atom is -0.352 e. The van der Waals surface area contributed by atoms with Gasteiger partial charge >= 0.3 is 0 Å². The number of amides is 1. The molecule has 0 aliphatic heterocycles. The first kappa shape index (κ1) is 17.7. The normalized spacial score (nSPS) is 10.0. The van der Waals surface area contributed by atoms with Crippen LogP contribution in [0, 0.1) is 0 Å². The van der Waals surface area contributed by atoms with E-state index in [1.807, 2.05) is 31.3 Å². The van der Waals surface area contributed by atoms with Gasteiger partial charge in [0.1, 0.15) is 0 Å². The predicted octanol–water partition coefficient (Wildman–Crippen LogP) is 2.40. The highest BCUT2D eigenvalue weighted by Gasteiger charge is 2.08. The van der Waals surface area contributed by atoms with E-state index in [2.05, 4.69) is 31.7 Å². The van der Waals surface area contributed by atoms with Crippen LogP contribution >= 0.6 is 28.3 Å². The SMILES string of the molecule is CNCCCNC(=O)c1cnn(-c2ccc(Br)cc2)c1.Cl. The van der Waals surface area contributed by atoms with Gasteiger partial charge in [0.25, 0.3) is 5.91 Å². The molecule has 0 atom stereocenters. The molecule has 0 radical (unpaired) electrons. The number of rotatable bonds is 6. The molecule has 2 N–H and O–H groups in total. The molecule has 7 heteroatoms. The summed E-state index contributed by atoms with van der Waals surface area (Å²) in [6.07, 6.45) is 4.22. The second kappa shape index (κ2) is 8.81.